The summed E-state index contributed by atoms with van der Waals surface area (Å²) in [5, 5.41) is 3.18. The van der Waals surface area contributed by atoms with Crippen molar-refractivity contribution in [1.82, 2.24) is 4.90 Å². The molecular weight excluding hydrogens is 316 g/mol. The molecule has 1 N–H and O–H groups in total. The Balaban J connectivity index is 1.60. The van der Waals surface area contributed by atoms with Gasteiger partial charge in [0.25, 0.3) is 5.91 Å². The Labute approximate surface area is 147 Å². The average Bonchev–Trinajstić information content (AvgIpc) is 2.87. The van der Waals surface area contributed by atoms with Crippen LogP contribution in [0.5, 0.6) is 5.75 Å². The second-order valence-corrected chi connectivity index (χ2v) is 6.25. The number of nitrogens with zero attached hydrogens (tertiary/aromatic N) is 1. The van der Waals surface area contributed by atoms with Crippen molar-refractivity contribution < 1.29 is 14.3 Å². The first-order valence-corrected chi connectivity index (χ1v) is 8.37. The van der Waals surface area contributed by atoms with Crippen molar-refractivity contribution in [2.24, 2.45) is 0 Å². The summed E-state index contributed by atoms with van der Waals surface area (Å²) < 4.78 is 5.13. The molecule has 1 aliphatic rings. The number of methoxy groups -OCH3 is 1. The Kier molecular flexibility index (Phi) is 5.03. The number of imide groups is 1. The van der Waals surface area contributed by atoms with Crippen LogP contribution in [0, 0.1) is 6.92 Å². The lowest BCUT2D eigenvalue weighted by Crippen LogP contribution is -2.36. The van der Waals surface area contributed by atoms with E-state index in [1.54, 1.807) is 7.11 Å². The first-order chi connectivity index (χ1) is 12.1. The number of amides is 2. The molecule has 0 spiro atoms. The summed E-state index contributed by atoms with van der Waals surface area (Å²) in [6.45, 7) is 2.39. The Morgan fingerprint density at radius 1 is 1.16 bits per heavy atom. The lowest BCUT2D eigenvalue weighted by Gasteiger charge is -2.16. The third kappa shape index (κ3) is 3.99. The van der Waals surface area contributed by atoms with Crippen molar-refractivity contribution in [2.45, 2.75) is 25.8 Å². The highest BCUT2D eigenvalue weighted by molar-refractivity contribution is 6.06. The zero-order chi connectivity index (χ0) is 17.8. The van der Waals surface area contributed by atoms with Crippen LogP contribution < -0.4 is 10.1 Å². The summed E-state index contributed by atoms with van der Waals surface area (Å²) in [5.41, 5.74) is 3.04. The number of ether oxygens (including phenoxy) is 1. The van der Waals surface area contributed by atoms with Gasteiger partial charge >= 0.3 is 0 Å². The Morgan fingerprint density at radius 2 is 1.92 bits per heavy atom. The van der Waals surface area contributed by atoms with E-state index < -0.39 is 6.04 Å². The SMILES string of the molecule is COc1ccc(CCN2C(=O)C[C@H](Nc3cccc(C)c3)C2=O)cc1. The maximum absolute atomic E-state index is 12.5. The molecule has 0 bridgehead atoms. The van der Waals surface area contributed by atoms with Crippen LogP contribution in [0.4, 0.5) is 5.69 Å². The Morgan fingerprint density at radius 3 is 2.60 bits per heavy atom. The summed E-state index contributed by atoms with van der Waals surface area (Å²) in [7, 11) is 1.62. The van der Waals surface area contributed by atoms with E-state index in [0.717, 1.165) is 22.6 Å². The number of aryl methyl sites for hydroxylation is 1. The minimum absolute atomic E-state index is 0.122. The maximum Gasteiger partial charge on any atom is 0.252 e. The van der Waals surface area contributed by atoms with Gasteiger partial charge in [0.05, 0.1) is 13.5 Å². The monoisotopic (exact) mass is 338 g/mol. The number of benzene rings is 2. The van der Waals surface area contributed by atoms with Crippen LogP contribution in [0.2, 0.25) is 0 Å². The number of carbonyl (C=O) groups is 2. The first-order valence-electron chi connectivity index (χ1n) is 8.37. The molecular formula is C20H22N2O3. The van der Waals surface area contributed by atoms with Crippen molar-refractivity contribution in [3.63, 3.8) is 0 Å². The van der Waals surface area contributed by atoms with Crippen molar-refractivity contribution in [3.8, 4) is 5.75 Å². The van der Waals surface area contributed by atoms with Gasteiger partial charge in [-0.25, -0.2) is 0 Å². The topological polar surface area (TPSA) is 58.6 Å². The highest BCUT2D eigenvalue weighted by Crippen LogP contribution is 2.20. The maximum atomic E-state index is 12.5. The number of anilines is 1. The molecule has 2 aromatic carbocycles. The number of hydrogen-bond donors (Lipinski definition) is 1. The van der Waals surface area contributed by atoms with Gasteiger partial charge in [-0.2, -0.15) is 0 Å². The van der Waals surface area contributed by atoms with E-state index in [1.165, 1.54) is 4.90 Å². The van der Waals surface area contributed by atoms with E-state index >= 15 is 0 Å². The third-order valence-electron chi connectivity index (χ3n) is 4.39. The molecule has 2 amide bonds. The van der Waals surface area contributed by atoms with Gasteiger partial charge in [-0.3, -0.25) is 14.5 Å². The standard InChI is InChI=1S/C20H22N2O3/c1-14-4-3-5-16(12-14)21-18-13-19(23)22(20(18)24)11-10-15-6-8-17(25-2)9-7-15/h3-9,12,18,21H,10-11,13H2,1-2H3/t18-/m0/s1. The van der Waals surface area contributed by atoms with Gasteiger partial charge in [-0.1, -0.05) is 24.3 Å². The molecule has 130 valence electrons. The van der Waals surface area contributed by atoms with Gasteiger partial charge in [0.1, 0.15) is 11.8 Å². The van der Waals surface area contributed by atoms with Crippen molar-refractivity contribution in [2.75, 3.05) is 19.0 Å². The van der Waals surface area contributed by atoms with Gasteiger partial charge in [0.15, 0.2) is 0 Å². The summed E-state index contributed by atoms with van der Waals surface area (Å²) in [5.74, 6) is 0.517. The zero-order valence-corrected chi connectivity index (χ0v) is 14.5. The number of carbonyl (C=O) groups excluding carboxylic acids is 2. The predicted octanol–water partition coefficient (Wildman–Crippen LogP) is 2.79. The molecule has 0 aromatic heterocycles. The highest BCUT2D eigenvalue weighted by Gasteiger charge is 2.38. The molecule has 1 atom stereocenters. The molecule has 25 heavy (non-hydrogen) atoms. The van der Waals surface area contributed by atoms with Crippen LogP contribution in [0.1, 0.15) is 17.5 Å². The molecule has 0 saturated carbocycles. The summed E-state index contributed by atoms with van der Waals surface area (Å²) >= 11 is 0. The molecule has 1 saturated heterocycles. The first kappa shape index (κ1) is 17.0. The largest absolute Gasteiger partial charge is 0.497 e. The molecule has 5 nitrogen and oxygen atoms in total. The van der Waals surface area contributed by atoms with Gasteiger partial charge < -0.3 is 10.1 Å². The van der Waals surface area contributed by atoms with E-state index in [4.69, 9.17) is 4.74 Å². The molecule has 5 heteroatoms. The van der Waals surface area contributed by atoms with Gasteiger partial charge in [-0.05, 0) is 48.7 Å². The molecule has 1 fully saturated rings. The minimum Gasteiger partial charge on any atom is -0.497 e. The van der Waals surface area contributed by atoms with Crippen molar-refractivity contribution >= 4 is 17.5 Å². The molecule has 0 unspecified atom stereocenters. The molecule has 1 aliphatic heterocycles. The second kappa shape index (κ2) is 7.38. The second-order valence-electron chi connectivity index (χ2n) is 6.25. The van der Waals surface area contributed by atoms with E-state index in [9.17, 15) is 9.59 Å². The fraction of sp³-hybridized carbons (Fsp3) is 0.300. The average molecular weight is 338 g/mol. The normalized spacial score (nSPS) is 17.0. The number of likely N-dealkylation sites (tertiary alicyclic amines) is 1. The van der Waals surface area contributed by atoms with Crippen LogP contribution >= 0.6 is 0 Å². The lowest BCUT2D eigenvalue weighted by atomic mass is 10.1. The number of nitrogens with one attached hydrogen (secondary N) is 1. The molecule has 0 aliphatic carbocycles. The molecule has 2 aromatic rings. The van der Waals surface area contributed by atoms with Gasteiger partial charge in [0.2, 0.25) is 5.91 Å². The van der Waals surface area contributed by atoms with Crippen LogP contribution in [0.3, 0.4) is 0 Å². The van der Waals surface area contributed by atoms with Crippen LogP contribution in [0.15, 0.2) is 48.5 Å². The smallest absolute Gasteiger partial charge is 0.252 e. The zero-order valence-electron chi connectivity index (χ0n) is 14.5. The van der Waals surface area contributed by atoms with Crippen LogP contribution in [-0.4, -0.2) is 36.4 Å². The quantitative estimate of drug-likeness (QED) is 0.823. The van der Waals surface area contributed by atoms with Gasteiger partial charge in [-0.15, -0.1) is 0 Å². The molecule has 0 radical (unpaired) electrons. The van der Waals surface area contributed by atoms with Crippen molar-refractivity contribution in [1.29, 1.82) is 0 Å². The molecule has 3 rings (SSSR count). The van der Waals surface area contributed by atoms with E-state index in [1.807, 2.05) is 55.5 Å². The molecule has 1 heterocycles. The Hall–Kier alpha value is -2.82. The fourth-order valence-corrected chi connectivity index (χ4v) is 3.00. The minimum atomic E-state index is -0.481. The fourth-order valence-electron chi connectivity index (χ4n) is 3.00. The lowest BCUT2D eigenvalue weighted by molar-refractivity contribution is -0.138. The number of hydrogen-bond acceptors (Lipinski definition) is 4. The highest BCUT2D eigenvalue weighted by atomic mass is 16.5. The van der Waals surface area contributed by atoms with E-state index in [0.29, 0.717) is 13.0 Å². The van der Waals surface area contributed by atoms with Gasteiger partial charge in [0, 0.05) is 12.2 Å². The number of rotatable bonds is 6. The predicted molar refractivity (Wildman–Crippen MR) is 96.6 cm³/mol. The summed E-state index contributed by atoms with van der Waals surface area (Å²) in [6.07, 6.45) is 0.841. The van der Waals surface area contributed by atoms with Crippen LogP contribution in [-0.2, 0) is 16.0 Å². The Bertz CT molecular complexity index is 771. The van der Waals surface area contributed by atoms with Crippen LogP contribution in [0.25, 0.3) is 0 Å². The summed E-state index contributed by atoms with van der Waals surface area (Å²) in [4.78, 5) is 26.1. The third-order valence-corrected chi connectivity index (χ3v) is 4.39. The van der Waals surface area contributed by atoms with E-state index in [2.05, 4.69) is 5.32 Å². The summed E-state index contributed by atoms with van der Waals surface area (Å²) in [6, 6.07) is 15.0. The van der Waals surface area contributed by atoms with Crippen molar-refractivity contribution in [3.05, 3.63) is 59.7 Å². The van der Waals surface area contributed by atoms with E-state index in [-0.39, 0.29) is 18.2 Å².